The largest absolute Gasteiger partial charge is 0.537 e. The quantitative estimate of drug-likeness (QED) is 0.361. The molecule has 0 saturated carbocycles. The summed E-state index contributed by atoms with van der Waals surface area (Å²) in [4.78, 5) is 0. The summed E-state index contributed by atoms with van der Waals surface area (Å²) in [5.74, 6) is 0. The molecule has 0 aliphatic carbocycles. The molecule has 8 heteroatoms. The Morgan fingerprint density at radius 3 is 1.52 bits per heavy atom. The van der Waals surface area contributed by atoms with Crippen molar-refractivity contribution < 1.29 is 26.6 Å². The Balaban J connectivity index is 3.19. The van der Waals surface area contributed by atoms with Gasteiger partial charge in [-0.25, -0.2) is 0 Å². The average Bonchev–Trinajstić information content (AvgIpc) is 2.68. The molecule has 0 radical (unpaired) electrons. The summed E-state index contributed by atoms with van der Waals surface area (Å²) in [6.07, 6.45) is 0.800. The molecule has 0 spiro atoms. The van der Waals surface area contributed by atoms with Crippen molar-refractivity contribution in [3.8, 4) is 0 Å². The van der Waals surface area contributed by atoms with Crippen LogP contribution in [0.1, 0.15) is 52.7 Å². The highest BCUT2D eigenvalue weighted by atomic mass is 28.4. The Bertz CT molecular complexity index is 550. The van der Waals surface area contributed by atoms with Crippen molar-refractivity contribution in [3.05, 3.63) is 29.3 Å². The van der Waals surface area contributed by atoms with Gasteiger partial charge >= 0.3 is 17.6 Å². The van der Waals surface area contributed by atoms with Crippen LogP contribution in [0.4, 0.5) is 0 Å². The van der Waals surface area contributed by atoms with Gasteiger partial charge in [-0.2, -0.15) is 0 Å². The third-order valence-corrected chi connectivity index (χ3v) is 10.7. The molecule has 0 atom stereocenters. The van der Waals surface area contributed by atoms with Gasteiger partial charge in [0.1, 0.15) is 0 Å². The first-order chi connectivity index (χ1) is 14.0. The van der Waals surface area contributed by atoms with Crippen molar-refractivity contribution >= 4 is 22.8 Å². The number of benzene rings is 1. The summed E-state index contributed by atoms with van der Waals surface area (Å²) < 4.78 is 36.4. The van der Waals surface area contributed by atoms with Gasteiger partial charge in [-0.05, 0) is 66.0 Å². The van der Waals surface area contributed by atoms with Gasteiger partial charge in [0.15, 0.2) is 0 Å². The lowest BCUT2D eigenvalue weighted by atomic mass is 10.1. The molecule has 6 nitrogen and oxygen atoms in total. The first-order valence-corrected chi connectivity index (χ1v) is 14.6. The molecule has 0 aromatic heterocycles. The van der Waals surface area contributed by atoms with Gasteiger partial charge in [-0.15, -0.1) is 0 Å². The third kappa shape index (κ3) is 7.55. The lowest BCUT2D eigenvalue weighted by Gasteiger charge is -2.30. The average molecular weight is 445 g/mol. The molecule has 0 N–H and O–H groups in total. The topological polar surface area (TPSA) is 55.4 Å². The molecular weight excluding hydrogens is 404 g/mol. The number of hydrogen-bond acceptors (Lipinski definition) is 6. The molecule has 1 rings (SSSR count). The van der Waals surface area contributed by atoms with Crippen molar-refractivity contribution in [2.75, 3.05) is 39.6 Å². The van der Waals surface area contributed by atoms with E-state index in [-0.39, 0.29) is 0 Å². The van der Waals surface area contributed by atoms with Gasteiger partial charge < -0.3 is 26.6 Å². The van der Waals surface area contributed by atoms with Crippen molar-refractivity contribution in [3.63, 3.8) is 0 Å². The van der Waals surface area contributed by atoms with Gasteiger partial charge in [0.25, 0.3) is 0 Å². The van der Waals surface area contributed by atoms with Gasteiger partial charge in [0.05, 0.1) is 0 Å². The van der Waals surface area contributed by atoms with E-state index in [2.05, 4.69) is 25.1 Å². The van der Waals surface area contributed by atoms with Crippen molar-refractivity contribution in [1.82, 2.24) is 0 Å². The fraction of sp³-hybridized carbons (Fsp3) is 0.714. The minimum Gasteiger partial charge on any atom is -0.374 e. The maximum atomic E-state index is 6.12. The molecule has 0 bridgehead atoms. The first-order valence-electron chi connectivity index (χ1n) is 10.9. The van der Waals surface area contributed by atoms with Crippen molar-refractivity contribution in [1.29, 1.82) is 0 Å². The van der Waals surface area contributed by atoms with Crippen LogP contribution in [0.2, 0.25) is 6.04 Å². The second-order valence-electron chi connectivity index (χ2n) is 6.49. The zero-order chi connectivity index (χ0) is 21.8. The number of aryl methyl sites for hydroxylation is 2. The molecule has 29 heavy (non-hydrogen) atoms. The number of hydrogen-bond donors (Lipinski definition) is 0. The van der Waals surface area contributed by atoms with E-state index < -0.39 is 17.6 Å². The van der Waals surface area contributed by atoms with Crippen molar-refractivity contribution in [2.45, 2.75) is 60.9 Å². The Kier molecular flexibility index (Phi) is 12.5. The SMILES string of the molecule is CCO[Si](CCc1ccc(C)c([Si](OCC)(OCC)OCC)c1)(OCC)OCC. The van der Waals surface area contributed by atoms with Crippen LogP contribution in [0.15, 0.2) is 18.2 Å². The zero-order valence-corrected chi connectivity index (χ0v) is 21.3. The van der Waals surface area contributed by atoms with Crippen LogP contribution in [0.25, 0.3) is 0 Å². The predicted molar refractivity (Wildman–Crippen MR) is 121 cm³/mol. The van der Waals surface area contributed by atoms with Crippen LogP contribution in [0.5, 0.6) is 0 Å². The standard InChI is InChI=1S/C21H40O6Si2/c1-8-22-28(23-9-2,24-10-3)17-16-20-15-14-19(7)21(18-20)29(25-11-4,26-12-5)27-13-6/h14-15,18H,8-13,16-17H2,1-7H3. The Labute approximate surface area is 179 Å². The summed E-state index contributed by atoms with van der Waals surface area (Å²) in [5.41, 5.74) is 2.30. The zero-order valence-electron chi connectivity index (χ0n) is 19.3. The first kappa shape index (κ1) is 26.4. The van der Waals surface area contributed by atoms with Crippen LogP contribution in [-0.2, 0) is 33.0 Å². The lowest BCUT2D eigenvalue weighted by Crippen LogP contribution is -2.58. The smallest absolute Gasteiger partial charge is 0.374 e. The molecular formula is C21H40O6Si2. The highest BCUT2D eigenvalue weighted by molar-refractivity contribution is 6.75. The summed E-state index contributed by atoms with van der Waals surface area (Å²) in [6.45, 7) is 17.4. The molecule has 0 heterocycles. The van der Waals surface area contributed by atoms with E-state index >= 15 is 0 Å². The monoisotopic (exact) mass is 444 g/mol. The molecule has 1 aromatic rings. The minimum atomic E-state index is -2.95. The minimum absolute atomic E-state index is 0.547. The highest BCUT2D eigenvalue weighted by Gasteiger charge is 2.45. The molecule has 168 valence electrons. The number of rotatable bonds is 16. The normalized spacial score (nSPS) is 12.5. The molecule has 0 fully saturated rings. The van der Waals surface area contributed by atoms with Crippen LogP contribution in [0.3, 0.4) is 0 Å². The lowest BCUT2D eigenvalue weighted by molar-refractivity contribution is 0.0714. The van der Waals surface area contributed by atoms with Crippen LogP contribution < -0.4 is 5.19 Å². The molecule has 0 aliphatic heterocycles. The second-order valence-corrected chi connectivity index (χ2v) is 11.7. The van der Waals surface area contributed by atoms with E-state index in [0.717, 1.165) is 23.2 Å². The fourth-order valence-corrected chi connectivity index (χ4v) is 8.76. The highest BCUT2D eigenvalue weighted by Crippen LogP contribution is 2.21. The second kappa shape index (κ2) is 13.7. The maximum Gasteiger partial charge on any atom is 0.537 e. The third-order valence-electron chi connectivity index (χ3n) is 4.45. The summed E-state index contributed by atoms with van der Waals surface area (Å²) in [6, 6.07) is 7.17. The van der Waals surface area contributed by atoms with E-state index in [4.69, 9.17) is 26.6 Å². The van der Waals surface area contributed by atoms with Crippen LogP contribution >= 0.6 is 0 Å². The van der Waals surface area contributed by atoms with Gasteiger partial charge in [-0.1, -0.05) is 18.2 Å². The summed E-state index contributed by atoms with van der Waals surface area (Å²) >= 11 is 0. The predicted octanol–water partition coefficient (Wildman–Crippen LogP) is 3.84. The fourth-order valence-electron chi connectivity index (χ4n) is 3.38. The van der Waals surface area contributed by atoms with Gasteiger partial charge in [-0.3, -0.25) is 0 Å². The molecule has 1 aromatic carbocycles. The van der Waals surface area contributed by atoms with Crippen molar-refractivity contribution in [2.24, 2.45) is 0 Å². The van der Waals surface area contributed by atoms with Crippen LogP contribution in [0, 0.1) is 6.92 Å². The summed E-state index contributed by atoms with van der Waals surface area (Å²) in [7, 11) is -5.63. The summed E-state index contributed by atoms with van der Waals surface area (Å²) in [5, 5.41) is 1.04. The Morgan fingerprint density at radius 1 is 0.655 bits per heavy atom. The Morgan fingerprint density at radius 2 is 1.10 bits per heavy atom. The van der Waals surface area contributed by atoms with E-state index in [1.54, 1.807) is 0 Å². The molecule has 0 unspecified atom stereocenters. The molecule has 0 saturated heterocycles. The molecule has 0 amide bonds. The maximum absolute atomic E-state index is 6.12. The Hall–Kier alpha value is -0.586. The van der Waals surface area contributed by atoms with E-state index in [1.165, 1.54) is 5.56 Å². The van der Waals surface area contributed by atoms with E-state index in [9.17, 15) is 0 Å². The van der Waals surface area contributed by atoms with Crippen LogP contribution in [-0.4, -0.2) is 57.3 Å². The van der Waals surface area contributed by atoms with E-state index in [1.807, 2.05) is 41.5 Å². The van der Waals surface area contributed by atoms with Gasteiger partial charge in [0, 0.05) is 50.9 Å². The van der Waals surface area contributed by atoms with Gasteiger partial charge in [0.2, 0.25) is 0 Å². The molecule has 0 aliphatic rings. The van der Waals surface area contributed by atoms with E-state index in [0.29, 0.717) is 39.6 Å².